The van der Waals surface area contributed by atoms with Gasteiger partial charge in [-0.1, -0.05) is 6.07 Å². The van der Waals surface area contributed by atoms with Crippen LogP contribution >= 0.6 is 11.7 Å². The van der Waals surface area contributed by atoms with Crippen LogP contribution in [-0.4, -0.2) is 32.8 Å². The van der Waals surface area contributed by atoms with Crippen LogP contribution in [0.15, 0.2) is 52.4 Å². The third-order valence-corrected chi connectivity index (χ3v) is 6.22. The Labute approximate surface area is 153 Å². The Morgan fingerprint density at radius 1 is 1.15 bits per heavy atom. The minimum absolute atomic E-state index is 0.0894. The van der Waals surface area contributed by atoms with Crippen molar-refractivity contribution in [2.45, 2.75) is 11.4 Å². The number of fused-ring (bicyclic) bond motifs is 2. The van der Waals surface area contributed by atoms with Crippen molar-refractivity contribution >= 4 is 43.7 Å². The largest absolute Gasteiger partial charge is 0.346 e. The first-order chi connectivity index (χ1) is 12.5. The fraction of sp³-hybridized carbons (Fsp3) is 0.188. The van der Waals surface area contributed by atoms with E-state index in [1.165, 1.54) is 10.6 Å². The molecule has 0 aliphatic heterocycles. The van der Waals surface area contributed by atoms with Crippen molar-refractivity contribution in [1.29, 1.82) is 0 Å². The molecule has 4 aromatic rings. The SMILES string of the molecule is Cn1ccc2ccn(CCNS(=O)(=O)c3cccc4nsnc34)c(=O)c21. The topological polar surface area (TPSA) is 98.9 Å². The first-order valence-electron chi connectivity index (χ1n) is 7.83. The molecule has 10 heteroatoms. The molecule has 1 aromatic carbocycles. The van der Waals surface area contributed by atoms with Crippen LogP contribution in [0.1, 0.15) is 0 Å². The van der Waals surface area contributed by atoms with Crippen molar-refractivity contribution in [2.24, 2.45) is 7.05 Å². The maximum Gasteiger partial charge on any atom is 0.275 e. The van der Waals surface area contributed by atoms with E-state index in [1.54, 1.807) is 29.9 Å². The zero-order valence-electron chi connectivity index (χ0n) is 13.8. The summed E-state index contributed by atoms with van der Waals surface area (Å²) < 4.78 is 39.1. The number of aryl methyl sites for hydroxylation is 1. The summed E-state index contributed by atoms with van der Waals surface area (Å²) in [5.74, 6) is 0. The van der Waals surface area contributed by atoms with Crippen molar-refractivity contribution in [3.8, 4) is 0 Å². The fourth-order valence-electron chi connectivity index (χ4n) is 2.88. The van der Waals surface area contributed by atoms with Crippen molar-refractivity contribution in [3.05, 3.63) is 53.1 Å². The second-order valence-electron chi connectivity index (χ2n) is 5.83. The lowest BCUT2D eigenvalue weighted by molar-refractivity contribution is 0.571. The summed E-state index contributed by atoms with van der Waals surface area (Å²) >= 11 is 0.969. The maximum absolute atomic E-state index is 12.6. The van der Waals surface area contributed by atoms with E-state index < -0.39 is 10.0 Å². The van der Waals surface area contributed by atoms with E-state index in [0.29, 0.717) is 16.6 Å². The van der Waals surface area contributed by atoms with Crippen molar-refractivity contribution in [2.75, 3.05) is 6.54 Å². The Balaban J connectivity index is 1.56. The van der Waals surface area contributed by atoms with Gasteiger partial charge in [0.05, 0.1) is 11.7 Å². The molecule has 0 amide bonds. The number of hydrogen-bond acceptors (Lipinski definition) is 6. The molecule has 0 atom stereocenters. The van der Waals surface area contributed by atoms with Gasteiger partial charge in [0.1, 0.15) is 21.4 Å². The van der Waals surface area contributed by atoms with Crippen LogP contribution in [0.2, 0.25) is 0 Å². The Morgan fingerprint density at radius 2 is 1.96 bits per heavy atom. The van der Waals surface area contributed by atoms with Gasteiger partial charge < -0.3 is 9.13 Å². The van der Waals surface area contributed by atoms with Gasteiger partial charge in [-0.25, -0.2) is 13.1 Å². The zero-order valence-corrected chi connectivity index (χ0v) is 15.4. The third-order valence-electron chi connectivity index (χ3n) is 4.18. The summed E-state index contributed by atoms with van der Waals surface area (Å²) in [6.45, 7) is 0.316. The van der Waals surface area contributed by atoms with Crippen LogP contribution < -0.4 is 10.3 Å². The number of rotatable bonds is 5. The molecule has 1 N–H and O–H groups in total. The number of sulfonamides is 1. The quantitative estimate of drug-likeness (QED) is 0.555. The molecule has 0 unspecified atom stereocenters. The lowest BCUT2D eigenvalue weighted by Gasteiger charge is -2.09. The molecule has 26 heavy (non-hydrogen) atoms. The first-order valence-corrected chi connectivity index (χ1v) is 10.0. The molecule has 0 fully saturated rings. The van der Waals surface area contributed by atoms with Gasteiger partial charge >= 0.3 is 0 Å². The molecule has 0 radical (unpaired) electrons. The molecule has 8 nitrogen and oxygen atoms in total. The van der Waals surface area contributed by atoms with Gasteiger partial charge in [-0.3, -0.25) is 4.79 Å². The van der Waals surface area contributed by atoms with Gasteiger partial charge in [0.15, 0.2) is 0 Å². The van der Waals surface area contributed by atoms with Crippen LogP contribution in [0.3, 0.4) is 0 Å². The molecule has 4 rings (SSSR count). The van der Waals surface area contributed by atoms with Gasteiger partial charge in [0.25, 0.3) is 5.56 Å². The van der Waals surface area contributed by atoms with Gasteiger partial charge in [-0.05, 0) is 24.3 Å². The summed E-state index contributed by atoms with van der Waals surface area (Å²) in [6, 6.07) is 8.55. The van der Waals surface area contributed by atoms with E-state index in [2.05, 4.69) is 13.5 Å². The standard InChI is InChI=1S/C16H15N5O3S2/c1-20-8-5-11-6-9-21(16(22)15(11)20)10-7-17-26(23,24)13-4-2-3-12-14(13)19-25-18-12/h2-6,8-9,17H,7,10H2,1H3. The number of benzene rings is 1. The van der Waals surface area contributed by atoms with E-state index in [4.69, 9.17) is 0 Å². The summed E-state index contributed by atoms with van der Waals surface area (Å²) in [7, 11) is -1.94. The second kappa shape index (κ2) is 6.31. The Bertz CT molecular complexity index is 1270. The highest BCUT2D eigenvalue weighted by Gasteiger charge is 2.19. The smallest absolute Gasteiger partial charge is 0.275 e. The Morgan fingerprint density at radius 3 is 2.81 bits per heavy atom. The van der Waals surface area contributed by atoms with Crippen LogP contribution in [0.5, 0.6) is 0 Å². The van der Waals surface area contributed by atoms with Crippen LogP contribution in [0, 0.1) is 0 Å². The molecular formula is C16H15N5O3S2. The predicted molar refractivity (Wildman–Crippen MR) is 99.8 cm³/mol. The third kappa shape index (κ3) is 2.81. The van der Waals surface area contributed by atoms with Crippen molar-refractivity contribution in [3.63, 3.8) is 0 Å². The molecule has 0 saturated carbocycles. The Kier molecular flexibility index (Phi) is 4.10. The van der Waals surface area contributed by atoms with E-state index >= 15 is 0 Å². The van der Waals surface area contributed by atoms with Crippen LogP contribution in [-0.2, 0) is 23.6 Å². The maximum atomic E-state index is 12.6. The minimum Gasteiger partial charge on any atom is -0.346 e. The van der Waals surface area contributed by atoms with E-state index in [-0.39, 0.29) is 23.5 Å². The average Bonchev–Trinajstić information content (AvgIpc) is 3.23. The summed E-state index contributed by atoms with van der Waals surface area (Å²) in [6.07, 6.45) is 3.49. The molecule has 134 valence electrons. The molecule has 0 aliphatic carbocycles. The number of nitrogens with zero attached hydrogens (tertiary/aromatic N) is 4. The molecule has 3 heterocycles. The van der Waals surface area contributed by atoms with Gasteiger partial charge in [0.2, 0.25) is 10.0 Å². The number of pyridine rings is 1. The second-order valence-corrected chi connectivity index (χ2v) is 8.09. The van der Waals surface area contributed by atoms with Crippen LogP contribution in [0.4, 0.5) is 0 Å². The zero-order chi connectivity index (χ0) is 18.3. The number of nitrogens with one attached hydrogen (secondary N) is 1. The van der Waals surface area contributed by atoms with Gasteiger partial charge in [-0.2, -0.15) is 8.75 Å². The fourth-order valence-corrected chi connectivity index (χ4v) is 4.67. The van der Waals surface area contributed by atoms with Gasteiger partial charge in [0, 0.05) is 37.9 Å². The minimum atomic E-state index is -3.75. The van der Waals surface area contributed by atoms with Crippen LogP contribution in [0.25, 0.3) is 21.9 Å². The Hall–Kier alpha value is -2.56. The number of hydrogen-bond donors (Lipinski definition) is 1. The predicted octanol–water partition coefficient (Wildman–Crippen LogP) is 1.32. The van der Waals surface area contributed by atoms with E-state index in [1.807, 2.05) is 18.3 Å². The molecule has 0 bridgehead atoms. The molecule has 0 aliphatic rings. The van der Waals surface area contributed by atoms with Gasteiger partial charge in [-0.15, -0.1) is 0 Å². The highest BCUT2D eigenvalue weighted by atomic mass is 32.2. The highest BCUT2D eigenvalue weighted by Crippen LogP contribution is 2.20. The summed E-state index contributed by atoms with van der Waals surface area (Å²) in [4.78, 5) is 12.6. The monoisotopic (exact) mass is 389 g/mol. The molecule has 3 aromatic heterocycles. The highest BCUT2D eigenvalue weighted by molar-refractivity contribution is 7.89. The van der Waals surface area contributed by atoms with Crippen molar-refractivity contribution < 1.29 is 8.42 Å². The van der Waals surface area contributed by atoms with E-state index in [0.717, 1.165) is 17.1 Å². The molecular weight excluding hydrogens is 374 g/mol. The van der Waals surface area contributed by atoms with Crippen molar-refractivity contribution in [1.82, 2.24) is 22.6 Å². The lowest BCUT2D eigenvalue weighted by atomic mass is 10.3. The normalized spacial score (nSPS) is 12.2. The summed E-state index contributed by atoms with van der Waals surface area (Å²) in [5.41, 5.74) is 1.34. The summed E-state index contributed by atoms with van der Waals surface area (Å²) in [5, 5.41) is 0.858. The molecule has 0 saturated heterocycles. The number of aromatic nitrogens is 4. The first kappa shape index (κ1) is 16.9. The van der Waals surface area contributed by atoms with E-state index in [9.17, 15) is 13.2 Å². The average molecular weight is 389 g/mol. The molecule has 0 spiro atoms. The lowest BCUT2D eigenvalue weighted by Crippen LogP contribution is -2.31.